The first-order valence-corrected chi connectivity index (χ1v) is 7.42. The summed E-state index contributed by atoms with van der Waals surface area (Å²) in [6.07, 6.45) is 0.343. The number of rotatable bonds is 2. The fourth-order valence-electron chi connectivity index (χ4n) is 2.39. The van der Waals surface area contributed by atoms with Crippen molar-refractivity contribution in [3.8, 4) is 0 Å². The first-order valence-electron chi connectivity index (χ1n) is 6.27. The van der Waals surface area contributed by atoms with E-state index in [9.17, 15) is 5.11 Å². The second-order valence-electron chi connectivity index (χ2n) is 4.91. The maximum Gasteiger partial charge on any atom is 0.243 e. The van der Waals surface area contributed by atoms with Gasteiger partial charge in [0.2, 0.25) is 5.89 Å². The van der Waals surface area contributed by atoms with Crippen LogP contribution >= 0.6 is 11.8 Å². The Morgan fingerprint density at radius 3 is 3.17 bits per heavy atom. The van der Waals surface area contributed by atoms with Crippen molar-refractivity contribution in [1.82, 2.24) is 20.4 Å². The summed E-state index contributed by atoms with van der Waals surface area (Å²) < 4.78 is 5.33. The molecule has 2 aliphatic rings. The van der Waals surface area contributed by atoms with Gasteiger partial charge in [0.15, 0.2) is 5.82 Å². The molecule has 2 N–H and O–H groups in total. The highest BCUT2D eigenvalue weighted by Crippen LogP contribution is 2.28. The van der Waals surface area contributed by atoms with Gasteiger partial charge in [0.25, 0.3) is 0 Å². The van der Waals surface area contributed by atoms with Crippen LogP contribution in [0.4, 0.5) is 0 Å². The maximum atomic E-state index is 9.49. The summed E-state index contributed by atoms with van der Waals surface area (Å²) in [5, 5.41) is 16.8. The lowest BCUT2D eigenvalue weighted by Crippen LogP contribution is -2.33. The predicted octanol–water partition coefficient (Wildman–Crippen LogP) is 0.185. The Morgan fingerprint density at radius 2 is 2.44 bits per heavy atom. The van der Waals surface area contributed by atoms with Crippen LogP contribution < -0.4 is 5.32 Å². The molecule has 100 valence electrons. The van der Waals surface area contributed by atoms with E-state index in [1.54, 1.807) is 0 Å². The molecular formula is C11H18N4O2S. The monoisotopic (exact) mass is 270 g/mol. The number of β-amino-alcohol motifs (C(OH)–C–C–N with tert-alkyl or cyclic N) is 1. The van der Waals surface area contributed by atoms with Crippen LogP contribution in [-0.2, 0) is 0 Å². The molecule has 1 unspecified atom stereocenters. The molecular weight excluding hydrogens is 252 g/mol. The Hall–Kier alpha value is -0.630. The lowest BCUT2D eigenvalue weighted by molar-refractivity contribution is 0.191. The van der Waals surface area contributed by atoms with E-state index in [2.05, 4.69) is 27.4 Å². The van der Waals surface area contributed by atoms with Crippen molar-refractivity contribution in [3.05, 3.63) is 11.7 Å². The summed E-state index contributed by atoms with van der Waals surface area (Å²) in [6, 6.07) is 0.246. The predicted molar refractivity (Wildman–Crippen MR) is 68.4 cm³/mol. The van der Waals surface area contributed by atoms with Gasteiger partial charge in [-0.1, -0.05) is 5.16 Å². The Balaban J connectivity index is 1.72. The van der Waals surface area contributed by atoms with E-state index in [-0.39, 0.29) is 18.2 Å². The van der Waals surface area contributed by atoms with Gasteiger partial charge in [-0.2, -0.15) is 16.7 Å². The summed E-state index contributed by atoms with van der Waals surface area (Å²) >= 11 is 1.92. The lowest BCUT2D eigenvalue weighted by Gasteiger charge is -2.29. The van der Waals surface area contributed by atoms with Gasteiger partial charge in [0, 0.05) is 24.6 Å². The van der Waals surface area contributed by atoms with Crippen molar-refractivity contribution in [2.24, 2.45) is 0 Å². The molecule has 3 heterocycles. The van der Waals surface area contributed by atoms with Crippen molar-refractivity contribution in [2.75, 3.05) is 31.6 Å². The second kappa shape index (κ2) is 5.16. The molecule has 3 rings (SSSR count). The van der Waals surface area contributed by atoms with E-state index in [0.717, 1.165) is 23.9 Å². The Labute approximate surface area is 110 Å². The molecule has 0 spiro atoms. The molecule has 1 aromatic heterocycles. The summed E-state index contributed by atoms with van der Waals surface area (Å²) in [4.78, 5) is 6.76. The van der Waals surface area contributed by atoms with Crippen LogP contribution in [0.2, 0.25) is 0 Å². The van der Waals surface area contributed by atoms with Gasteiger partial charge < -0.3 is 14.9 Å². The largest absolute Gasteiger partial charge is 0.392 e. The zero-order valence-electron chi connectivity index (χ0n) is 10.4. The third kappa shape index (κ3) is 2.40. The van der Waals surface area contributed by atoms with E-state index >= 15 is 0 Å². The van der Waals surface area contributed by atoms with Crippen LogP contribution in [-0.4, -0.2) is 57.9 Å². The Morgan fingerprint density at radius 1 is 1.56 bits per heavy atom. The third-order valence-corrected chi connectivity index (χ3v) is 4.58. The summed E-state index contributed by atoms with van der Waals surface area (Å²) in [6.45, 7) is 1.65. The van der Waals surface area contributed by atoms with E-state index in [1.807, 2.05) is 11.8 Å². The fourth-order valence-corrected chi connectivity index (χ4v) is 3.60. The minimum atomic E-state index is -0.307. The molecule has 6 nitrogen and oxygen atoms in total. The van der Waals surface area contributed by atoms with Gasteiger partial charge in [-0.25, -0.2) is 0 Å². The highest BCUT2D eigenvalue weighted by Gasteiger charge is 2.31. The van der Waals surface area contributed by atoms with Crippen LogP contribution in [0.1, 0.15) is 30.2 Å². The molecule has 7 heteroatoms. The fraction of sp³-hybridized carbons (Fsp3) is 0.818. The van der Waals surface area contributed by atoms with Crippen LogP contribution in [0.15, 0.2) is 4.52 Å². The van der Waals surface area contributed by atoms with Gasteiger partial charge >= 0.3 is 0 Å². The number of hydrogen-bond donors (Lipinski definition) is 2. The summed E-state index contributed by atoms with van der Waals surface area (Å²) in [5.41, 5.74) is 0. The number of hydrogen-bond acceptors (Lipinski definition) is 7. The summed E-state index contributed by atoms with van der Waals surface area (Å²) in [5.74, 6) is 3.54. The zero-order valence-corrected chi connectivity index (χ0v) is 11.2. The van der Waals surface area contributed by atoms with Gasteiger partial charge in [-0.05, 0) is 13.5 Å². The van der Waals surface area contributed by atoms with Gasteiger partial charge in [-0.15, -0.1) is 0 Å². The average molecular weight is 270 g/mol. The molecule has 2 aliphatic heterocycles. The minimum Gasteiger partial charge on any atom is -0.392 e. The molecule has 3 atom stereocenters. The number of aromatic nitrogens is 2. The number of thioether (sulfide) groups is 1. The number of aliphatic hydroxyl groups excluding tert-OH is 1. The van der Waals surface area contributed by atoms with Crippen LogP contribution in [0, 0.1) is 0 Å². The molecule has 2 saturated heterocycles. The van der Waals surface area contributed by atoms with Gasteiger partial charge in [0.05, 0.1) is 18.2 Å². The highest BCUT2D eigenvalue weighted by molar-refractivity contribution is 7.99. The summed E-state index contributed by atoms with van der Waals surface area (Å²) in [7, 11) is 2.10. The third-order valence-electron chi connectivity index (χ3n) is 3.56. The minimum absolute atomic E-state index is 0.00259. The first-order chi connectivity index (χ1) is 8.74. The van der Waals surface area contributed by atoms with Crippen LogP contribution in [0.3, 0.4) is 0 Å². The van der Waals surface area contributed by atoms with E-state index in [4.69, 9.17) is 4.52 Å². The van der Waals surface area contributed by atoms with Crippen molar-refractivity contribution in [3.63, 3.8) is 0 Å². The molecule has 0 radical (unpaired) electrons. The number of nitrogens with zero attached hydrogens (tertiary/aromatic N) is 3. The SMILES string of the molecule is CN1CCSCC1c1noc([C@H]2C[C@@H](O)CN2)n1. The molecule has 0 aromatic carbocycles. The van der Waals surface area contributed by atoms with E-state index in [0.29, 0.717) is 18.9 Å². The molecule has 1 aromatic rings. The Bertz CT molecular complexity index is 414. The second-order valence-corrected chi connectivity index (χ2v) is 6.06. The highest BCUT2D eigenvalue weighted by atomic mass is 32.2. The quantitative estimate of drug-likeness (QED) is 0.794. The molecule has 0 bridgehead atoms. The first kappa shape index (κ1) is 12.4. The van der Waals surface area contributed by atoms with Gasteiger partial charge in [-0.3, -0.25) is 4.90 Å². The molecule has 2 fully saturated rings. The lowest BCUT2D eigenvalue weighted by atomic mass is 10.2. The van der Waals surface area contributed by atoms with Crippen molar-refractivity contribution in [2.45, 2.75) is 24.6 Å². The van der Waals surface area contributed by atoms with Crippen molar-refractivity contribution >= 4 is 11.8 Å². The number of aliphatic hydroxyl groups is 1. The number of nitrogens with one attached hydrogen (secondary N) is 1. The smallest absolute Gasteiger partial charge is 0.243 e. The maximum absolute atomic E-state index is 9.49. The zero-order chi connectivity index (χ0) is 12.5. The Kier molecular flexibility index (Phi) is 3.56. The van der Waals surface area contributed by atoms with Gasteiger partial charge in [0.1, 0.15) is 0 Å². The molecule has 0 amide bonds. The van der Waals surface area contributed by atoms with Crippen LogP contribution in [0.25, 0.3) is 0 Å². The normalized spacial score (nSPS) is 34.0. The van der Waals surface area contributed by atoms with E-state index < -0.39 is 0 Å². The molecule has 0 aliphatic carbocycles. The molecule has 18 heavy (non-hydrogen) atoms. The van der Waals surface area contributed by atoms with Crippen molar-refractivity contribution in [1.29, 1.82) is 0 Å². The average Bonchev–Trinajstić information content (AvgIpc) is 2.98. The van der Waals surface area contributed by atoms with E-state index in [1.165, 1.54) is 0 Å². The topological polar surface area (TPSA) is 74.4 Å². The molecule has 0 saturated carbocycles. The standard InChI is InChI=1S/C11H18N4O2S/c1-15-2-3-18-6-9(15)10-13-11(17-14-10)8-4-7(16)5-12-8/h7-9,12,16H,2-6H2,1H3/t7-,8-,9?/m1/s1. The van der Waals surface area contributed by atoms with Crippen LogP contribution in [0.5, 0.6) is 0 Å². The van der Waals surface area contributed by atoms with Crippen molar-refractivity contribution < 1.29 is 9.63 Å².